The number of sulfonamides is 1. The fraction of sp³-hybridized carbons (Fsp3) is 0.462. The SMILES string of the molecule is Cc1cccc(N(CCCC(=O)N(Cc2ccc(Cl)c(Cl)c2)[C@@H](C)C(=O)NC(C)(C)C)S(C)(=O)=O)c1. The van der Waals surface area contributed by atoms with Gasteiger partial charge in [-0.15, -0.1) is 0 Å². The molecule has 2 aromatic rings. The molecule has 36 heavy (non-hydrogen) atoms. The molecule has 0 aliphatic heterocycles. The summed E-state index contributed by atoms with van der Waals surface area (Å²) in [6, 6.07) is 11.5. The molecule has 0 aliphatic rings. The molecule has 1 atom stereocenters. The monoisotopic (exact) mass is 555 g/mol. The summed E-state index contributed by atoms with van der Waals surface area (Å²) in [4.78, 5) is 27.7. The highest BCUT2D eigenvalue weighted by Crippen LogP contribution is 2.24. The number of hydrogen-bond donors (Lipinski definition) is 1. The zero-order chi connectivity index (χ0) is 27.3. The van der Waals surface area contributed by atoms with Crippen LogP contribution in [-0.4, -0.2) is 49.5 Å². The molecule has 0 fully saturated rings. The third-order valence-electron chi connectivity index (χ3n) is 5.44. The minimum atomic E-state index is -3.54. The smallest absolute Gasteiger partial charge is 0.242 e. The quantitative estimate of drug-likeness (QED) is 0.437. The number of hydrogen-bond acceptors (Lipinski definition) is 4. The second-order valence-corrected chi connectivity index (χ2v) is 12.7. The van der Waals surface area contributed by atoms with Crippen LogP contribution in [0.25, 0.3) is 0 Å². The van der Waals surface area contributed by atoms with Crippen molar-refractivity contribution in [1.29, 1.82) is 0 Å². The van der Waals surface area contributed by atoms with Crippen LogP contribution in [0.4, 0.5) is 5.69 Å². The number of halogens is 2. The van der Waals surface area contributed by atoms with Crippen LogP contribution in [0.5, 0.6) is 0 Å². The number of nitrogens with zero attached hydrogens (tertiary/aromatic N) is 2. The highest BCUT2D eigenvalue weighted by molar-refractivity contribution is 7.92. The second-order valence-electron chi connectivity index (χ2n) is 9.96. The van der Waals surface area contributed by atoms with Gasteiger partial charge in [-0.05, 0) is 76.4 Å². The molecule has 0 heterocycles. The molecule has 10 heteroatoms. The molecule has 0 saturated heterocycles. The van der Waals surface area contributed by atoms with Crippen molar-refractivity contribution < 1.29 is 18.0 Å². The van der Waals surface area contributed by atoms with E-state index in [1.807, 2.05) is 33.8 Å². The van der Waals surface area contributed by atoms with E-state index in [2.05, 4.69) is 5.32 Å². The predicted molar refractivity (Wildman–Crippen MR) is 147 cm³/mol. The molecular formula is C26H35Cl2N3O4S. The highest BCUT2D eigenvalue weighted by Gasteiger charge is 2.28. The molecule has 2 rings (SSSR count). The molecule has 7 nitrogen and oxygen atoms in total. The van der Waals surface area contributed by atoms with Crippen LogP contribution >= 0.6 is 23.2 Å². The van der Waals surface area contributed by atoms with Crippen molar-refractivity contribution in [1.82, 2.24) is 10.2 Å². The molecule has 198 valence electrons. The summed E-state index contributed by atoms with van der Waals surface area (Å²) >= 11 is 12.2. The highest BCUT2D eigenvalue weighted by atomic mass is 35.5. The molecule has 0 aliphatic carbocycles. The van der Waals surface area contributed by atoms with E-state index in [9.17, 15) is 18.0 Å². The first-order valence-corrected chi connectivity index (χ1v) is 14.3. The average molecular weight is 557 g/mol. The molecule has 1 N–H and O–H groups in total. The normalized spacial score (nSPS) is 12.7. The van der Waals surface area contributed by atoms with Crippen LogP contribution < -0.4 is 9.62 Å². The van der Waals surface area contributed by atoms with Gasteiger partial charge in [-0.1, -0.05) is 41.4 Å². The van der Waals surface area contributed by atoms with Gasteiger partial charge in [0, 0.05) is 25.0 Å². The van der Waals surface area contributed by atoms with E-state index in [1.165, 1.54) is 9.21 Å². The van der Waals surface area contributed by atoms with Crippen molar-refractivity contribution in [3.63, 3.8) is 0 Å². The van der Waals surface area contributed by atoms with E-state index in [1.54, 1.807) is 43.3 Å². The lowest BCUT2D eigenvalue weighted by Gasteiger charge is -2.32. The first kappa shape index (κ1) is 29.9. The van der Waals surface area contributed by atoms with E-state index in [0.717, 1.165) is 17.4 Å². The lowest BCUT2D eigenvalue weighted by atomic mass is 10.1. The molecule has 0 radical (unpaired) electrons. The van der Waals surface area contributed by atoms with Gasteiger partial charge >= 0.3 is 0 Å². The van der Waals surface area contributed by atoms with Crippen molar-refractivity contribution in [3.05, 3.63) is 63.6 Å². The van der Waals surface area contributed by atoms with Crippen LogP contribution in [0.3, 0.4) is 0 Å². The lowest BCUT2D eigenvalue weighted by molar-refractivity contribution is -0.141. The Morgan fingerprint density at radius 3 is 2.28 bits per heavy atom. The second kappa shape index (κ2) is 12.3. The largest absolute Gasteiger partial charge is 0.350 e. The molecule has 0 bridgehead atoms. The average Bonchev–Trinajstić information content (AvgIpc) is 2.74. The number of carbonyl (C=O) groups is 2. The van der Waals surface area contributed by atoms with E-state index < -0.39 is 21.6 Å². The van der Waals surface area contributed by atoms with Gasteiger partial charge in [0.05, 0.1) is 22.0 Å². The van der Waals surface area contributed by atoms with Gasteiger partial charge in [0.2, 0.25) is 21.8 Å². The Bertz CT molecular complexity index is 1200. The van der Waals surface area contributed by atoms with E-state index in [-0.39, 0.29) is 37.7 Å². The van der Waals surface area contributed by atoms with Crippen LogP contribution in [-0.2, 0) is 26.2 Å². The van der Waals surface area contributed by atoms with Crippen molar-refractivity contribution in [3.8, 4) is 0 Å². The van der Waals surface area contributed by atoms with Crippen LogP contribution in [0.15, 0.2) is 42.5 Å². The fourth-order valence-corrected chi connectivity index (χ4v) is 4.96. The maximum atomic E-state index is 13.4. The topological polar surface area (TPSA) is 86.8 Å². The van der Waals surface area contributed by atoms with Crippen LogP contribution in [0, 0.1) is 6.92 Å². The Hall–Kier alpha value is -2.29. The minimum absolute atomic E-state index is 0.0618. The Morgan fingerprint density at radius 2 is 1.72 bits per heavy atom. The van der Waals surface area contributed by atoms with Crippen LogP contribution in [0.2, 0.25) is 10.0 Å². The van der Waals surface area contributed by atoms with Gasteiger partial charge in [-0.25, -0.2) is 8.42 Å². The molecule has 0 spiro atoms. The number of rotatable bonds is 10. The Kier molecular flexibility index (Phi) is 10.2. The maximum absolute atomic E-state index is 13.4. The van der Waals surface area contributed by atoms with Crippen LogP contribution in [0.1, 0.15) is 51.7 Å². The first-order chi connectivity index (χ1) is 16.6. The molecular weight excluding hydrogens is 521 g/mol. The Balaban J connectivity index is 2.22. The van der Waals surface area contributed by atoms with Crippen molar-refractivity contribution in [2.45, 2.75) is 65.6 Å². The predicted octanol–water partition coefficient (Wildman–Crippen LogP) is 5.18. The summed E-state index contributed by atoms with van der Waals surface area (Å²) < 4.78 is 26.2. The summed E-state index contributed by atoms with van der Waals surface area (Å²) in [5.41, 5.74) is 1.75. The lowest BCUT2D eigenvalue weighted by Crippen LogP contribution is -2.52. The third kappa shape index (κ3) is 8.98. The van der Waals surface area contributed by atoms with Gasteiger partial charge < -0.3 is 10.2 Å². The summed E-state index contributed by atoms with van der Waals surface area (Å²) in [5.74, 6) is -0.552. The molecule has 0 unspecified atom stereocenters. The Morgan fingerprint density at radius 1 is 1.06 bits per heavy atom. The summed E-state index contributed by atoms with van der Waals surface area (Å²) in [7, 11) is -3.54. The molecule has 0 aromatic heterocycles. The minimum Gasteiger partial charge on any atom is -0.350 e. The standard InChI is InChI=1S/C26H35Cl2N3O4S/c1-18-9-7-10-21(15-18)31(36(6,34)35)14-8-11-24(32)30(19(2)25(33)29-26(3,4)5)17-20-12-13-22(27)23(28)16-20/h7,9-10,12-13,15-16,19H,8,11,14,17H2,1-6H3,(H,29,33)/t19-/m0/s1. The van der Waals surface area contributed by atoms with E-state index in [0.29, 0.717) is 15.7 Å². The molecule has 2 amide bonds. The number of nitrogens with one attached hydrogen (secondary N) is 1. The van der Waals surface area contributed by atoms with Gasteiger partial charge in [0.1, 0.15) is 6.04 Å². The first-order valence-electron chi connectivity index (χ1n) is 11.7. The number of anilines is 1. The summed E-state index contributed by atoms with van der Waals surface area (Å²) in [6.45, 7) is 9.46. The molecule has 0 saturated carbocycles. The van der Waals surface area contributed by atoms with Gasteiger partial charge in [-0.3, -0.25) is 13.9 Å². The Labute approximate surface area is 224 Å². The van der Waals surface area contributed by atoms with Crippen molar-refractivity contribution in [2.75, 3.05) is 17.1 Å². The third-order valence-corrected chi connectivity index (χ3v) is 7.38. The number of aryl methyl sites for hydroxylation is 1. The number of amides is 2. The number of benzene rings is 2. The van der Waals surface area contributed by atoms with E-state index in [4.69, 9.17) is 23.2 Å². The maximum Gasteiger partial charge on any atom is 0.242 e. The summed E-state index contributed by atoms with van der Waals surface area (Å²) in [6.07, 6.45) is 1.49. The van der Waals surface area contributed by atoms with Gasteiger partial charge in [-0.2, -0.15) is 0 Å². The van der Waals surface area contributed by atoms with Crippen molar-refractivity contribution >= 4 is 50.7 Å². The van der Waals surface area contributed by atoms with Crippen molar-refractivity contribution in [2.24, 2.45) is 0 Å². The number of carbonyl (C=O) groups excluding carboxylic acids is 2. The van der Waals surface area contributed by atoms with E-state index >= 15 is 0 Å². The fourth-order valence-electron chi connectivity index (χ4n) is 3.68. The van der Waals surface area contributed by atoms with Gasteiger partial charge in [0.25, 0.3) is 0 Å². The van der Waals surface area contributed by atoms with Gasteiger partial charge in [0.15, 0.2) is 0 Å². The zero-order valence-electron chi connectivity index (χ0n) is 21.6. The molecule has 2 aromatic carbocycles. The zero-order valence-corrected chi connectivity index (χ0v) is 24.0. The summed E-state index contributed by atoms with van der Waals surface area (Å²) in [5, 5.41) is 3.67.